The molecule has 3 unspecified atom stereocenters. The van der Waals surface area contributed by atoms with Crippen molar-refractivity contribution in [2.75, 3.05) is 17.1 Å². The summed E-state index contributed by atoms with van der Waals surface area (Å²) >= 11 is 12.5. The van der Waals surface area contributed by atoms with Gasteiger partial charge in [0, 0.05) is 12.7 Å². The Labute approximate surface area is 164 Å². The number of anilines is 2. The number of alkyl halides is 1. The molecule has 2 aliphatic rings. The summed E-state index contributed by atoms with van der Waals surface area (Å²) in [7, 11) is 0. The second-order valence-corrected chi connectivity index (χ2v) is 6.72. The van der Waals surface area contributed by atoms with E-state index in [2.05, 4.69) is 26.4 Å². The van der Waals surface area contributed by atoms with Crippen molar-refractivity contribution in [3.8, 4) is 0 Å². The average molecular weight is 411 g/mol. The second kappa shape index (κ2) is 7.95. The fraction of sp³-hybridized carbons (Fsp3) is 0.250. The molecule has 142 valence electrons. The Morgan fingerprint density at radius 1 is 1.30 bits per heavy atom. The third-order valence-electron chi connectivity index (χ3n) is 3.95. The SMILES string of the molecule is O=C(Nc1cccc(N2ONC3NC(Cl)CNC3O2)c1Cl)c1ccccn1. The maximum Gasteiger partial charge on any atom is 0.274 e. The minimum absolute atomic E-state index is 0.244. The molecule has 2 fully saturated rings. The third-order valence-corrected chi connectivity index (χ3v) is 4.63. The van der Waals surface area contributed by atoms with Crippen LogP contribution in [0.15, 0.2) is 42.6 Å². The molecule has 1 amide bonds. The topological polar surface area (TPSA) is 99.8 Å². The van der Waals surface area contributed by atoms with Crippen molar-refractivity contribution in [2.24, 2.45) is 0 Å². The van der Waals surface area contributed by atoms with E-state index >= 15 is 0 Å². The van der Waals surface area contributed by atoms with Gasteiger partial charge in [0.25, 0.3) is 5.91 Å². The summed E-state index contributed by atoms with van der Waals surface area (Å²) in [6, 6.07) is 10.2. The maximum absolute atomic E-state index is 12.3. The van der Waals surface area contributed by atoms with E-state index in [0.29, 0.717) is 17.9 Å². The number of amides is 1. The van der Waals surface area contributed by atoms with Gasteiger partial charge in [0.2, 0.25) is 0 Å². The summed E-state index contributed by atoms with van der Waals surface area (Å²) in [6.45, 7) is 0.520. The van der Waals surface area contributed by atoms with Crippen molar-refractivity contribution in [2.45, 2.75) is 17.9 Å². The lowest BCUT2D eigenvalue weighted by Gasteiger charge is -2.42. The molecule has 4 N–H and O–H groups in total. The molecule has 11 heteroatoms. The summed E-state index contributed by atoms with van der Waals surface area (Å²) < 4.78 is 0. The molecule has 1 aromatic carbocycles. The largest absolute Gasteiger partial charge is 0.319 e. The Bertz CT molecular complexity index is 827. The van der Waals surface area contributed by atoms with E-state index < -0.39 is 6.23 Å². The zero-order valence-electron chi connectivity index (χ0n) is 13.9. The van der Waals surface area contributed by atoms with E-state index in [0.717, 1.165) is 5.23 Å². The lowest BCUT2D eigenvalue weighted by molar-refractivity contribution is -0.244. The molecular formula is C16H16Cl2N6O3. The molecule has 0 aliphatic carbocycles. The van der Waals surface area contributed by atoms with Crippen LogP contribution in [0.2, 0.25) is 5.02 Å². The van der Waals surface area contributed by atoms with Gasteiger partial charge in [-0.1, -0.05) is 23.7 Å². The number of hydrogen-bond acceptors (Lipinski definition) is 8. The quantitative estimate of drug-likeness (QED) is 0.447. The number of carbonyl (C=O) groups excluding carboxylic acids is 1. The molecule has 9 nitrogen and oxygen atoms in total. The number of nitrogens with zero attached hydrogens (tertiary/aromatic N) is 2. The van der Waals surface area contributed by atoms with Gasteiger partial charge < -0.3 is 5.32 Å². The number of pyridine rings is 1. The highest BCUT2D eigenvalue weighted by molar-refractivity contribution is 6.36. The van der Waals surface area contributed by atoms with Gasteiger partial charge in [0.1, 0.15) is 17.5 Å². The van der Waals surface area contributed by atoms with Crippen molar-refractivity contribution in [3.63, 3.8) is 0 Å². The first-order chi connectivity index (χ1) is 13.1. The van der Waals surface area contributed by atoms with Gasteiger partial charge in [-0.2, -0.15) is 10.4 Å². The molecule has 0 bridgehead atoms. The number of carbonyl (C=O) groups is 1. The number of hydroxylamine groups is 1. The van der Waals surface area contributed by atoms with Gasteiger partial charge in [-0.3, -0.25) is 20.4 Å². The van der Waals surface area contributed by atoms with E-state index in [9.17, 15) is 4.79 Å². The highest BCUT2D eigenvalue weighted by atomic mass is 35.5. The molecule has 2 aromatic rings. The predicted octanol–water partition coefficient (Wildman–Crippen LogP) is 1.58. The normalized spacial score (nSPS) is 25.0. The highest BCUT2D eigenvalue weighted by Crippen LogP contribution is 2.34. The number of benzene rings is 1. The zero-order valence-corrected chi connectivity index (χ0v) is 15.4. The van der Waals surface area contributed by atoms with Crippen LogP contribution < -0.4 is 26.7 Å². The van der Waals surface area contributed by atoms with Gasteiger partial charge >= 0.3 is 0 Å². The summed E-state index contributed by atoms with van der Waals surface area (Å²) in [5.74, 6) is -0.375. The van der Waals surface area contributed by atoms with Crippen LogP contribution in [-0.2, 0) is 9.78 Å². The average Bonchev–Trinajstić information content (AvgIpc) is 2.70. The van der Waals surface area contributed by atoms with Crippen molar-refractivity contribution in [1.82, 2.24) is 21.1 Å². The standard InChI is InChI=1S/C16H16Cl2N6O3/c17-12-8-20-16-14(22-12)23-27-24(26-16)11-6-3-5-9(13(11)18)21-15(25)10-4-1-2-7-19-10/h1-7,12,14,16,20,22-23H,8H2,(H,21,25). The summed E-state index contributed by atoms with van der Waals surface area (Å²) in [4.78, 5) is 27.5. The Morgan fingerprint density at radius 3 is 3.00 bits per heavy atom. The minimum atomic E-state index is -0.420. The summed E-state index contributed by atoms with van der Waals surface area (Å²) in [5.41, 5.74) is 3.65. The van der Waals surface area contributed by atoms with Gasteiger partial charge in [0.15, 0.2) is 6.23 Å². The van der Waals surface area contributed by atoms with Gasteiger partial charge in [-0.05, 0) is 24.3 Å². The number of piperazine rings is 1. The first kappa shape index (κ1) is 18.4. The monoisotopic (exact) mass is 410 g/mol. The van der Waals surface area contributed by atoms with Crippen LogP contribution in [0.25, 0.3) is 0 Å². The maximum atomic E-state index is 12.3. The third kappa shape index (κ3) is 3.99. The summed E-state index contributed by atoms with van der Waals surface area (Å²) in [6.07, 6.45) is 0.793. The molecular weight excluding hydrogens is 395 g/mol. The number of nitrogens with one attached hydrogen (secondary N) is 4. The number of rotatable bonds is 3. The fourth-order valence-corrected chi connectivity index (χ4v) is 3.12. The number of halogens is 2. The predicted molar refractivity (Wildman–Crippen MR) is 99.8 cm³/mol. The van der Waals surface area contributed by atoms with Crippen molar-refractivity contribution in [3.05, 3.63) is 53.3 Å². The molecule has 2 aliphatic heterocycles. The fourth-order valence-electron chi connectivity index (χ4n) is 2.65. The highest BCUT2D eigenvalue weighted by Gasteiger charge is 2.37. The van der Waals surface area contributed by atoms with Crippen LogP contribution in [0.3, 0.4) is 0 Å². The Hall–Kier alpha value is -1.98. The van der Waals surface area contributed by atoms with Gasteiger partial charge in [0.05, 0.1) is 16.2 Å². The molecule has 3 atom stereocenters. The van der Waals surface area contributed by atoms with Crippen molar-refractivity contribution < 1.29 is 14.6 Å². The van der Waals surface area contributed by atoms with E-state index in [1.807, 2.05) is 0 Å². The lowest BCUT2D eigenvalue weighted by Crippen LogP contribution is -2.70. The van der Waals surface area contributed by atoms with Gasteiger partial charge in [-0.15, -0.1) is 16.8 Å². The molecule has 0 saturated carbocycles. The van der Waals surface area contributed by atoms with E-state index in [-0.39, 0.29) is 28.3 Å². The number of fused-ring (bicyclic) bond motifs is 1. The van der Waals surface area contributed by atoms with Crippen LogP contribution in [0.5, 0.6) is 0 Å². The molecule has 27 heavy (non-hydrogen) atoms. The van der Waals surface area contributed by atoms with E-state index in [1.54, 1.807) is 42.6 Å². The molecule has 3 heterocycles. The second-order valence-electron chi connectivity index (χ2n) is 5.82. The van der Waals surface area contributed by atoms with Crippen LogP contribution in [0, 0.1) is 0 Å². The first-order valence-corrected chi connectivity index (χ1v) is 8.97. The van der Waals surface area contributed by atoms with Crippen LogP contribution in [0.4, 0.5) is 11.4 Å². The van der Waals surface area contributed by atoms with Crippen molar-refractivity contribution >= 4 is 40.5 Å². The van der Waals surface area contributed by atoms with Gasteiger partial charge in [-0.25, -0.2) is 4.84 Å². The van der Waals surface area contributed by atoms with Crippen LogP contribution in [-0.4, -0.2) is 35.3 Å². The minimum Gasteiger partial charge on any atom is -0.319 e. The van der Waals surface area contributed by atoms with Crippen LogP contribution >= 0.6 is 23.2 Å². The van der Waals surface area contributed by atoms with Crippen LogP contribution in [0.1, 0.15) is 10.5 Å². The molecule has 1 aromatic heterocycles. The van der Waals surface area contributed by atoms with E-state index in [4.69, 9.17) is 33.0 Å². The van der Waals surface area contributed by atoms with Crippen molar-refractivity contribution in [1.29, 1.82) is 0 Å². The molecule has 0 spiro atoms. The molecule has 4 rings (SSSR count). The number of aromatic nitrogens is 1. The lowest BCUT2D eigenvalue weighted by atomic mass is 10.2. The van der Waals surface area contributed by atoms with E-state index in [1.165, 1.54) is 0 Å². The Balaban J connectivity index is 1.50. The Kier molecular flexibility index (Phi) is 5.41. The number of hydrogen-bond donors (Lipinski definition) is 4. The summed E-state index contributed by atoms with van der Waals surface area (Å²) in [5, 5.41) is 10.3. The first-order valence-electron chi connectivity index (χ1n) is 8.15. The zero-order chi connectivity index (χ0) is 18.8. The smallest absolute Gasteiger partial charge is 0.274 e. The molecule has 0 radical (unpaired) electrons. The Morgan fingerprint density at radius 2 is 2.19 bits per heavy atom. The molecule has 2 saturated heterocycles.